The van der Waals surface area contributed by atoms with Gasteiger partial charge < -0.3 is 20.5 Å². The van der Waals surface area contributed by atoms with E-state index in [4.69, 9.17) is 15.2 Å². The van der Waals surface area contributed by atoms with Gasteiger partial charge in [-0.2, -0.15) is 9.97 Å². The third-order valence-electron chi connectivity index (χ3n) is 6.13. The van der Waals surface area contributed by atoms with E-state index in [1.54, 1.807) is 18.2 Å². The molecule has 4 rings (SSSR count). The smallest absolute Gasteiger partial charge is 0.320 e. The summed E-state index contributed by atoms with van der Waals surface area (Å²) >= 11 is 0. The van der Waals surface area contributed by atoms with E-state index in [-0.39, 0.29) is 29.3 Å². The molecule has 0 saturated heterocycles. The Hall–Kier alpha value is -2.78. The Labute approximate surface area is 175 Å². The fourth-order valence-corrected chi connectivity index (χ4v) is 3.77. The maximum absolute atomic E-state index is 11.3. The second-order valence-corrected chi connectivity index (χ2v) is 8.63. The van der Waals surface area contributed by atoms with Crippen molar-refractivity contribution in [3.8, 4) is 11.9 Å². The molecule has 0 radical (unpaired) electrons. The van der Waals surface area contributed by atoms with E-state index in [1.165, 1.54) is 6.07 Å². The van der Waals surface area contributed by atoms with Gasteiger partial charge in [-0.25, -0.2) is 0 Å². The van der Waals surface area contributed by atoms with Gasteiger partial charge in [0.2, 0.25) is 5.88 Å². The molecule has 2 aliphatic rings. The van der Waals surface area contributed by atoms with Crippen molar-refractivity contribution < 1.29 is 14.4 Å². The van der Waals surface area contributed by atoms with Gasteiger partial charge in [-0.15, -0.1) is 0 Å². The summed E-state index contributed by atoms with van der Waals surface area (Å²) in [5.41, 5.74) is 8.19. The lowest BCUT2D eigenvalue weighted by Gasteiger charge is -2.30. The number of nitrogens with two attached hydrogens (primary N) is 1. The monoisotopic (exact) mass is 413 g/mol. The van der Waals surface area contributed by atoms with Crippen molar-refractivity contribution in [2.24, 2.45) is 11.1 Å². The van der Waals surface area contributed by atoms with E-state index in [0.717, 1.165) is 37.1 Å². The molecule has 0 spiro atoms. The van der Waals surface area contributed by atoms with Crippen molar-refractivity contribution in [2.75, 3.05) is 13.2 Å². The number of nitro groups is 1. The lowest BCUT2D eigenvalue weighted by atomic mass is 9.86. The van der Waals surface area contributed by atoms with Crippen LogP contribution in [-0.2, 0) is 19.6 Å². The first kappa shape index (κ1) is 20.5. The van der Waals surface area contributed by atoms with Crippen LogP contribution in [0.4, 0.5) is 5.69 Å². The fraction of sp³-hybridized carbons (Fsp3) is 0.524. The largest absolute Gasteiger partial charge is 0.472 e. The second kappa shape index (κ2) is 7.81. The summed E-state index contributed by atoms with van der Waals surface area (Å²) in [6, 6.07) is 6.80. The average Bonchev–Trinajstić information content (AvgIpc) is 3.52. The van der Waals surface area contributed by atoms with E-state index < -0.39 is 4.92 Å². The number of nitro benzene ring substituents is 1. The molecule has 1 fully saturated rings. The summed E-state index contributed by atoms with van der Waals surface area (Å²) < 4.78 is 11.9. The number of para-hydroxylation sites is 1. The maximum Gasteiger partial charge on any atom is 0.320 e. The zero-order valence-corrected chi connectivity index (χ0v) is 17.3. The van der Waals surface area contributed by atoms with Gasteiger partial charge in [0, 0.05) is 29.1 Å². The van der Waals surface area contributed by atoms with E-state index >= 15 is 0 Å². The lowest BCUT2D eigenvalue weighted by Crippen LogP contribution is -2.45. The normalized spacial score (nSPS) is 17.2. The Kier molecular flexibility index (Phi) is 5.33. The van der Waals surface area contributed by atoms with E-state index in [0.29, 0.717) is 24.6 Å². The highest BCUT2D eigenvalue weighted by Crippen LogP contribution is 2.52. The quantitative estimate of drug-likeness (QED) is 0.499. The van der Waals surface area contributed by atoms with Crippen LogP contribution < -0.4 is 20.5 Å². The van der Waals surface area contributed by atoms with E-state index in [1.807, 2.05) is 13.8 Å². The predicted molar refractivity (Wildman–Crippen MR) is 110 cm³/mol. The summed E-state index contributed by atoms with van der Waals surface area (Å²) in [5.74, 6) is 0.423. The summed E-state index contributed by atoms with van der Waals surface area (Å²) in [5, 5.41) is 14.6. The van der Waals surface area contributed by atoms with E-state index in [9.17, 15) is 10.1 Å². The van der Waals surface area contributed by atoms with Crippen molar-refractivity contribution in [1.82, 2.24) is 15.3 Å². The molecule has 9 nitrogen and oxygen atoms in total. The minimum absolute atomic E-state index is 0.0272. The van der Waals surface area contributed by atoms with Gasteiger partial charge in [0.25, 0.3) is 5.69 Å². The standard InChI is InChI=1S/C21H27N5O4/c1-20(2,22)21(8-9-21)13-30-19-24-16-11-23-10-7-15(16)18(25-19)29-12-14-5-3-4-6-17(14)26(27)28/h3-6,23H,7-13,22H2,1-2H3. The van der Waals surface area contributed by atoms with Crippen LogP contribution in [0.1, 0.15) is 43.5 Å². The molecule has 1 aromatic carbocycles. The minimum atomic E-state index is -0.406. The van der Waals surface area contributed by atoms with Gasteiger partial charge in [-0.3, -0.25) is 10.1 Å². The zero-order valence-electron chi connectivity index (χ0n) is 17.3. The van der Waals surface area contributed by atoms with Crippen LogP contribution in [0, 0.1) is 15.5 Å². The number of hydrogen-bond donors (Lipinski definition) is 2. The molecule has 160 valence electrons. The third kappa shape index (κ3) is 4.08. The highest BCUT2D eigenvalue weighted by atomic mass is 16.6. The molecule has 2 aromatic rings. The molecule has 1 aromatic heterocycles. The molecule has 9 heteroatoms. The van der Waals surface area contributed by atoms with Crippen molar-refractivity contribution in [1.29, 1.82) is 0 Å². The number of benzene rings is 1. The summed E-state index contributed by atoms with van der Waals surface area (Å²) in [6.07, 6.45) is 2.76. The molecule has 0 bridgehead atoms. The number of fused-ring (bicyclic) bond motifs is 1. The summed E-state index contributed by atoms with van der Waals surface area (Å²) in [7, 11) is 0. The molecular weight excluding hydrogens is 386 g/mol. The predicted octanol–water partition coefficient (Wildman–Crippen LogP) is 2.51. The zero-order chi connectivity index (χ0) is 21.4. The molecular formula is C21H27N5O4. The first-order valence-corrected chi connectivity index (χ1v) is 10.2. The van der Waals surface area contributed by atoms with Gasteiger partial charge in [0.05, 0.1) is 22.8 Å². The average molecular weight is 413 g/mol. The van der Waals surface area contributed by atoms with Crippen molar-refractivity contribution in [3.05, 3.63) is 51.2 Å². The van der Waals surface area contributed by atoms with Gasteiger partial charge in [-0.05, 0) is 45.7 Å². The van der Waals surface area contributed by atoms with Crippen LogP contribution >= 0.6 is 0 Å². The SMILES string of the molecule is CC(C)(N)C1(COc2nc3c(c(OCc4ccccc4[N+](=O)[O-])n2)CCNC3)CC1. The number of aromatic nitrogens is 2. The van der Waals surface area contributed by atoms with Gasteiger partial charge in [0.15, 0.2) is 0 Å². The summed E-state index contributed by atoms with van der Waals surface area (Å²) in [4.78, 5) is 19.9. The number of rotatable bonds is 8. The molecule has 3 N–H and O–H groups in total. The van der Waals surface area contributed by atoms with Gasteiger partial charge in [-0.1, -0.05) is 12.1 Å². The third-order valence-corrected chi connectivity index (χ3v) is 6.13. The molecule has 0 atom stereocenters. The Bertz CT molecular complexity index is 953. The van der Waals surface area contributed by atoms with Crippen LogP contribution in [0.5, 0.6) is 11.9 Å². The van der Waals surface area contributed by atoms with Crippen LogP contribution in [0.25, 0.3) is 0 Å². The first-order valence-electron chi connectivity index (χ1n) is 10.2. The van der Waals surface area contributed by atoms with Crippen LogP contribution in [0.15, 0.2) is 24.3 Å². The Morgan fingerprint density at radius 3 is 2.73 bits per heavy atom. The number of ether oxygens (including phenoxy) is 2. The lowest BCUT2D eigenvalue weighted by molar-refractivity contribution is -0.385. The van der Waals surface area contributed by atoms with Crippen LogP contribution in [0.3, 0.4) is 0 Å². The van der Waals surface area contributed by atoms with Gasteiger partial charge >= 0.3 is 6.01 Å². The minimum Gasteiger partial charge on any atom is -0.472 e. The van der Waals surface area contributed by atoms with Crippen LogP contribution in [0.2, 0.25) is 0 Å². The van der Waals surface area contributed by atoms with E-state index in [2.05, 4.69) is 15.3 Å². The summed E-state index contributed by atoms with van der Waals surface area (Å²) in [6.45, 7) is 5.93. The van der Waals surface area contributed by atoms with Crippen molar-refractivity contribution in [3.63, 3.8) is 0 Å². The maximum atomic E-state index is 11.3. The molecule has 1 aliphatic heterocycles. The van der Waals surface area contributed by atoms with Crippen LogP contribution in [-0.4, -0.2) is 33.6 Å². The molecule has 2 heterocycles. The number of nitrogens with one attached hydrogen (secondary N) is 1. The van der Waals surface area contributed by atoms with Crippen molar-refractivity contribution in [2.45, 2.75) is 51.8 Å². The Morgan fingerprint density at radius 2 is 2.03 bits per heavy atom. The first-order chi connectivity index (χ1) is 14.3. The molecule has 30 heavy (non-hydrogen) atoms. The Balaban J connectivity index is 1.55. The van der Waals surface area contributed by atoms with Gasteiger partial charge in [0.1, 0.15) is 6.61 Å². The molecule has 0 amide bonds. The topological polar surface area (TPSA) is 125 Å². The molecule has 1 saturated carbocycles. The number of nitrogens with zero attached hydrogens (tertiary/aromatic N) is 3. The molecule has 0 unspecified atom stereocenters. The van der Waals surface area contributed by atoms with Crippen molar-refractivity contribution >= 4 is 5.69 Å². The number of hydrogen-bond acceptors (Lipinski definition) is 8. The highest BCUT2D eigenvalue weighted by molar-refractivity contribution is 5.40. The fourth-order valence-electron chi connectivity index (χ4n) is 3.77. The molecule has 1 aliphatic carbocycles. The highest BCUT2D eigenvalue weighted by Gasteiger charge is 2.53. The second-order valence-electron chi connectivity index (χ2n) is 8.63. The Morgan fingerprint density at radius 1 is 1.27 bits per heavy atom.